The van der Waals surface area contributed by atoms with E-state index in [4.69, 9.17) is 28.8 Å². The van der Waals surface area contributed by atoms with Gasteiger partial charge in [-0.25, -0.2) is 0 Å². The molecule has 79 heavy (non-hydrogen) atoms. The first-order valence-corrected chi connectivity index (χ1v) is 55.2. The van der Waals surface area contributed by atoms with Gasteiger partial charge < -0.3 is 49.7 Å². The summed E-state index contributed by atoms with van der Waals surface area (Å²) in [6.07, 6.45) is 3.12. The molecule has 0 aliphatic carbocycles. The molecule has 0 fully saturated rings. The number of hydrogen-bond acceptors (Lipinski definition) is 11. The molecule has 482 valence electrons. The van der Waals surface area contributed by atoms with E-state index in [0.717, 1.165) is 12.1 Å². The molecule has 0 aromatic carbocycles. The van der Waals surface area contributed by atoms with Crippen LogP contribution >= 0.6 is 0 Å². The summed E-state index contributed by atoms with van der Waals surface area (Å²) in [7, 11) is -22.1. The van der Waals surface area contributed by atoms with Crippen molar-refractivity contribution >= 4 is 108 Å². The quantitative estimate of drug-likeness (QED) is 0.0342. The second-order valence-electron chi connectivity index (χ2n) is 24.9. The van der Waals surface area contributed by atoms with Crippen molar-refractivity contribution in [3.05, 3.63) is 0 Å². The zero-order valence-electron chi connectivity index (χ0n) is 47.6. The molecule has 0 aliphatic rings. The van der Waals surface area contributed by atoms with Crippen molar-refractivity contribution in [2.45, 2.75) is 294 Å². The Balaban J connectivity index is -0.000000330. The topological polar surface area (TPSA) is 197 Å². The van der Waals surface area contributed by atoms with Crippen LogP contribution in [0.1, 0.15) is 126 Å². The van der Waals surface area contributed by atoms with Crippen LogP contribution in [0.5, 0.6) is 0 Å². The maximum absolute atomic E-state index is 13.4. The Morgan fingerprint density at radius 3 is 0.975 bits per heavy atom. The number of carbonyl (C=O) groups is 4. The van der Waals surface area contributed by atoms with Gasteiger partial charge in [-0.1, -0.05) is 87.1 Å². The van der Waals surface area contributed by atoms with Crippen molar-refractivity contribution in [3.8, 4) is 0 Å². The minimum Gasteiger partial charge on any atom is -0.481 e. The van der Waals surface area contributed by atoms with Gasteiger partial charge in [0.2, 0.25) is 11.8 Å². The van der Waals surface area contributed by atoms with Crippen molar-refractivity contribution in [3.63, 3.8) is 0 Å². The van der Waals surface area contributed by atoms with Gasteiger partial charge in [0, 0.05) is 90.8 Å². The Hall–Kier alpha value is 1.98. The Bertz CT molecular complexity index is 1590. The third-order valence-corrected chi connectivity index (χ3v) is 44.7. The Morgan fingerprint density at radius 1 is 0.380 bits per heavy atom. The van der Waals surface area contributed by atoms with E-state index in [0.29, 0.717) is 63.7 Å². The van der Waals surface area contributed by atoms with Crippen molar-refractivity contribution < 1.29 is 124 Å². The average molecular weight is 1460 g/mol. The summed E-state index contributed by atoms with van der Waals surface area (Å²) in [5.74, 6) is -3.94. The van der Waals surface area contributed by atoms with Crippen LogP contribution in [0.4, 0.5) is 0 Å². The SMILES string of the molecule is C.C.C.C.C.C.C.C.C.C.C[Si](C)(C)O[Si](C)(C)O[Si](C)(CCCNC(=O)CC(CCC[Si](C)(C)O[Si](C)(C)CCCC(CC(=O)O)C(=O)NCCC[Si](C)(O[Si](C)(C)C)O[Si](C)(C)O[Si](C)(C)C)C(=O)O)O[Si](C)(C)C.[Y].[Y]. The van der Waals surface area contributed by atoms with Crippen LogP contribution in [0, 0.1) is 11.8 Å². The number of hydrogen-bond donors (Lipinski definition) is 4. The third-order valence-electron chi connectivity index (χ3n) is 10.1. The van der Waals surface area contributed by atoms with Crippen LogP contribution in [0.3, 0.4) is 0 Å². The molecule has 0 spiro atoms. The van der Waals surface area contributed by atoms with E-state index >= 15 is 0 Å². The van der Waals surface area contributed by atoms with Crippen LogP contribution in [-0.4, -0.2) is 131 Å². The van der Waals surface area contributed by atoms with E-state index in [1.54, 1.807) is 0 Å². The standard InChI is InChI=1S/C42H100N2O13Si10.10CH4.2Y/c1-58(2,3)51-64(17,18)56-66(21,53-60(7,8)9)33-25-29-43-39(45)35-38(42(49)50)28-24-32-63(15,16)55-62(13,14)31-23-27-37(36-40(46)47)41(48)44-30-26-34-67(22,54-61(10,11)12)57-65(19,20)52-59(4,5)6;;;;;;;;;;;;/h37-38H,23-36H2,1-22H3,(H,43,45)(H,44,48)(H,46,47)(H,49,50);10*1H4;;. The molecule has 15 nitrogen and oxygen atoms in total. The molecular formula is C52H140N2O13Si10Y2. The van der Waals surface area contributed by atoms with Crippen molar-refractivity contribution in [2.24, 2.45) is 11.8 Å². The summed E-state index contributed by atoms with van der Waals surface area (Å²) in [5, 5.41) is 25.7. The Labute approximate surface area is 555 Å². The summed E-state index contributed by atoms with van der Waals surface area (Å²) >= 11 is 0. The van der Waals surface area contributed by atoms with E-state index < -0.39 is 108 Å². The van der Waals surface area contributed by atoms with Crippen molar-refractivity contribution in [1.82, 2.24) is 10.6 Å². The van der Waals surface area contributed by atoms with Crippen LogP contribution in [0.15, 0.2) is 0 Å². The minimum atomic E-state index is -2.64. The van der Waals surface area contributed by atoms with Crippen LogP contribution < -0.4 is 10.6 Å². The van der Waals surface area contributed by atoms with Gasteiger partial charge in [-0.05, 0) is 194 Å². The molecule has 0 bridgehead atoms. The predicted molar refractivity (Wildman–Crippen MR) is 366 cm³/mol. The molecule has 4 atom stereocenters. The second-order valence-corrected chi connectivity index (χ2v) is 66.7. The summed E-state index contributed by atoms with van der Waals surface area (Å²) < 4.78 is 46.7. The fourth-order valence-electron chi connectivity index (χ4n) is 9.04. The molecule has 0 aromatic heterocycles. The second kappa shape index (κ2) is 47.0. The Kier molecular flexibility index (Phi) is 66.7. The summed E-state index contributed by atoms with van der Waals surface area (Å²) in [6, 6.07) is 2.91. The van der Waals surface area contributed by atoms with E-state index in [1.807, 2.05) is 0 Å². The molecule has 4 unspecified atom stereocenters. The number of carbonyl (C=O) groups excluding carboxylic acids is 2. The molecule has 0 aromatic rings. The maximum atomic E-state index is 13.4. The molecule has 0 saturated heterocycles. The van der Waals surface area contributed by atoms with E-state index in [9.17, 15) is 29.4 Å². The normalized spacial score (nSPS) is 13.9. The number of carboxylic acids is 2. The van der Waals surface area contributed by atoms with E-state index in [-0.39, 0.29) is 164 Å². The largest absolute Gasteiger partial charge is 0.481 e. The van der Waals surface area contributed by atoms with Gasteiger partial charge in [0.05, 0.1) is 12.3 Å². The zero-order chi connectivity index (χ0) is 52.7. The first-order chi connectivity index (χ1) is 29.8. The molecule has 2 amide bonds. The first-order valence-electron chi connectivity index (χ1n) is 24.7. The molecule has 0 aliphatic heterocycles. The van der Waals surface area contributed by atoms with Crippen molar-refractivity contribution in [2.75, 3.05) is 13.1 Å². The summed E-state index contributed by atoms with van der Waals surface area (Å²) in [4.78, 5) is 50.5. The van der Waals surface area contributed by atoms with Crippen LogP contribution in [-0.2, 0) is 113 Å². The fraction of sp³-hybridized carbons (Fsp3) is 0.923. The van der Waals surface area contributed by atoms with Gasteiger partial charge in [-0.15, -0.1) is 0 Å². The van der Waals surface area contributed by atoms with Crippen LogP contribution in [0.25, 0.3) is 0 Å². The molecule has 4 N–H and O–H groups in total. The molecule has 0 heterocycles. The van der Waals surface area contributed by atoms with Gasteiger partial charge >= 0.3 is 46.2 Å². The summed E-state index contributed by atoms with van der Waals surface area (Å²) in [6.45, 7) is 47.9. The predicted octanol–water partition coefficient (Wildman–Crippen LogP) is 17.5. The third kappa shape index (κ3) is 60.1. The summed E-state index contributed by atoms with van der Waals surface area (Å²) in [5.41, 5.74) is 0. The van der Waals surface area contributed by atoms with Gasteiger partial charge in [0.1, 0.15) is 0 Å². The molecule has 0 saturated carbocycles. The number of nitrogens with one attached hydrogen (secondary N) is 2. The van der Waals surface area contributed by atoms with Gasteiger partial charge in [0.25, 0.3) is 0 Å². The van der Waals surface area contributed by atoms with Gasteiger partial charge in [0.15, 0.2) is 49.9 Å². The van der Waals surface area contributed by atoms with Crippen LogP contribution in [0.2, 0.25) is 168 Å². The number of aliphatic carboxylic acids is 2. The fourth-order valence-corrected chi connectivity index (χ4v) is 53.9. The average Bonchev–Trinajstić information content (AvgIpc) is 3.02. The molecular weight excluding hydrogens is 1320 g/mol. The first kappa shape index (κ1) is 112. The monoisotopic (exact) mass is 1460 g/mol. The Morgan fingerprint density at radius 2 is 0.684 bits per heavy atom. The zero-order valence-corrected chi connectivity index (χ0v) is 63.3. The molecule has 27 heteroatoms. The maximum Gasteiger partial charge on any atom is 0.315 e. The van der Waals surface area contributed by atoms with Gasteiger partial charge in [-0.2, -0.15) is 0 Å². The molecule has 0 rings (SSSR count). The number of amides is 2. The van der Waals surface area contributed by atoms with E-state index in [2.05, 4.69) is 155 Å². The number of carboxylic acid groups (broad SMARTS) is 2. The molecule has 2 radical (unpaired) electrons. The minimum absolute atomic E-state index is 0. The smallest absolute Gasteiger partial charge is 0.315 e. The van der Waals surface area contributed by atoms with Crippen molar-refractivity contribution in [1.29, 1.82) is 0 Å². The number of rotatable bonds is 36. The van der Waals surface area contributed by atoms with Gasteiger partial charge in [-0.3, -0.25) is 19.2 Å². The van der Waals surface area contributed by atoms with E-state index in [1.165, 1.54) is 0 Å².